The Bertz CT molecular complexity index is 737. The Morgan fingerprint density at radius 1 is 1.00 bits per heavy atom. The Morgan fingerprint density at radius 2 is 1.83 bits per heavy atom. The molecule has 0 unspecified atom stereocenters. The molecule has 0 saturated heterocycles. The van der Waals surface area contributed by atoms with Gasteiger partial charge < -0.3 is 9.83 Å². The zero-order valence-electron chi connectivity index (χ0n) is 9.89. The molecule has 1 aromatic heterocycles. The van der Waals surface area contributed by atoms with Gasteiger partial charge in [-0.15, -0.1) is 0 Å². The molecule has 0 spiro atoms. The van der Waals surface area contributed by atoms with E-state index >= 15 is 0 Å². The van der Waals surface area contributed by atoms with Gasteiger partial charge in [0, 0.05) is 17.0 Å². The summed E-state index contributed by atoms with van der Waals surface area (Å²) in [6, 6.07) is 14.3. The predicted molar refractivity (Wildman–Crippen MR) is 75.3 cm³/mol. The quantitative estimate of drug-likeness (QED) is 0.674. The van der Waals surface area contributed by atoms with Gasteiger partial charge in [0.05, 0.1) is 0 Å². The van der Waals surface area contributed by atoms with Crippen molar-refractivity contribution in [2.75, 3.05) is 0 Å². The smallest absolute Gasteiger partial charge is 0.138 e. The predicted octanol–water partition coefficient (Wildman–Crippen LogP) is 4.33. The van der Waals surface area contributed by atoms with Crippen molar-refractivity contribution in [2.45, 2.75) is 6.42 Å². The molecule has 0 radical (unpaired) electrons. The number of fused-ring (bicyclic) bond motifs is 3. The number of para-hydroxylation sites is 2. The molecule has 1 N–H and O–H groups in total. The van der Waals surface area contributed by atoms with Gasteiger partial charge >= 0.3 is 0 Å². The highest BCUT2D eigenvalue weighted by Gasteiger charge is 2.08. The van der Waals surface area contributed by atoms with E-state index < -0.39 is 0 Å². The lowest BCUT2D eigenvalue weighted by Gasteiger charge is -1.97. The molecular weight excluding hydrogens is 222 g/mol. The average molecular weight is 235 g/mol. The summed E-state index contributed by atoms with van der Waals surface area (Å²) in [5.74, 6) is 0. The van der Waals surface area contributed by atoms with Crippen LogP contribution in [0, 0.1) is 5.41 Å². The highest BCUT2D eigenvalue weighted by Crippen LogP contribution is 2.30. The van der Waals surface area contributed by atoms with E-state index in [9.17, 15) is 0 Å². The van der Waals surface area contributed by atoms with Crippen LogP contribution in [0.1, 0.15) is 5.56 Å². The number of hydrogen-bond donors (Lipinski definition) is 1. The highest BCUT2D eigenvalue weighted by atomic mass is 16.3. The van der Waals surface area contributed by atoms with Gasteiger partial charge in [-0.3, -0.25) is 0 Å². The van der Waals surface area contributed by atoms with E-state index in [-0.39, 0.29) is 0 Å². The van der Waals surface area contributed by atoms with Crippen molar-refractivity contribution in [1.82, 2.24) is 0 Å². The molecule has 88 valence electrons. The molecule has 3 aromatic rings. The Balaban J connectivity index is 2.21. The molecule has 2 aromatic carbocycles. The van der Waals surface area contributed by atoms with Crippen LogP contribution < -0.4 is 0 Å². The van der Waals surface area contributed by atoms with Crippen LogP contribution in [0.5, 0.6) is 0 Å². The van der Waals surface area contributed by atoms with Crippen LogP contribution in [0.25, 0.3) is 21.9 Å². The first-order chi connectivity index (χ1) is 8.90. The summed E-state index contributed by atoms with van der Waals surface area (Å²) < 4.78 is 5.92. The maximum Gasteiger partial charge on any atom is 0.138 e. The summed E-state index contributed by atoms with van der Waals surface area (Å²) in [4.78, 5) is 0. The molecule has 0 aliphatic rings. The maximum absolute atomic E-state index is 6.98. The van der Waals surface area contributed by atoms with Crippen molar-refractivity contribution < 1.29 is 4.42 Å². The van der Waals surface area contributed by atoms with E-state index in [4.69, 9.17) is 9.83 Å². The molecule has 0 fully saturated rings. The molecule has 2 heteroatoms. The van der Waals surface area contributed by atoms with Crippen LogP contribution in [0.4, 0.5) is 0 Å². The third kappa shape index (κ3) is 1.72. The normalized spacial score (nSPS) is 11.6. The molecule has 18 heavy (non-hydrogen) atoms. The average Bonchev–Trinajstić information content (AvgIpc) is 2.79. The molecule has 0 amide bonds. The lowest BCUT2D eigenvalue weighted by molar-refractivity contribution is 0.664. The van der Waals surface area contributed by atoms with Crippen molar-refractivity contribution in [3.63, 3.8) is 0 Å². The van der Waals surface area contributed by atoms with Gasteiger partial charge in [-0.25, -0.2) is 0 Å². The molecule has 0 saturated carbocycles. The fraction of sp³-hybridized carbons (Fsp3) is 0.0625. The Labute approximate surface area is 105 Å². The second-order valence-corrected chi connectivity index (χ2v) is 4.19. The fourth-order valence-electron chi connectivity index (χ4n) is 2.23. The van der Waals surface area contributed by atoms with E-state index in [0.29, 0.717) is 0 Å². The van der Waals surface area contributed by atoms with Crippen LogP contribution in [-0.4, -0.2) is 6.21 Å². The molecule has 3 rings (SSSR count). The molecular formula is C16H13NO. The standard InChI is InChI=1S/C16H13NO/c17-11-4-3-6-12-7-5-9-14-13-8-1-2-10-15(13)18-16(12)14/h1-5,7-11,17H,6H2/b4-3-,17-11?. The van der Waals surface area contributed by atoms with Crippen LogP contribution >= 0.6 is 0 Å². The van der Waals surface area contributed by atoms with Gasteiger partial charge in [-0.05, 0) is 24.1 Å². The van der Waals surface area contributed by atoms with E-state index in [1.165, 1.54) is 6.21 Å². The van der Waals surface area contributed by atoms with E-state index in [1.807, 2.05) is 24.3 Å². The second kappa shape index (κ2) is 4.49. The third-order valence-electron chi connectivity index (χ3n) is 3.06. The van der Waals surface area contributed by atoms with Crippen molar-refractivity contribution in [2.24, 2.45) is 0 Å². The SMILES string of the molecule is N=C/C=C\Cc1cccc2c1oc1ccccc12. The summed E-state index contributed by atoms with van der Waals surface area (Å²) in [6.45, 7) is 0. The minimum atomic E-state index is 0.784. The maximum atomic E-state index is 6.98. The largest absolute Gasteiger partial charge is 0.456 e. The molecule has 2 nitrogen and oxygen atoms in total. The number of nitrogens with one attached hydrogen (secondary N) is 1. The first kappa shape index (κ1) is 10.8. The first-order valence-electron chi connectivity index (χ1n) is 5.95. The van der Waals surface area contributed by atoms with Crippen LogP contribution in [0.15, 0.2) is 59.0 Å². The zero-order valence-corrected chi connectivity index (χ0v) is 9.89. The van der Waals surface area contributed by atoms with Crippen molar-refractivity contribution in [3.05, 3.63) is 60.2 Å². The van der Waals surface area contributed by atoms with Crippen molar-refractivity contribution in [3.8, 4) is 0 Å². The Kier molecular flexibility index (Phi) is 2.69. The first-order valence-corrected chi connectivity index (χ1v) is 5.95. The molecule has 0 bridgehead atoms. The summed E-state index contributed by atoms with van der Waals surface area (Å²) >= 11 is 0. The van der Waals surface area contributed by atoms with Gasteiger partial charge in [-0.2, -0.15) is 0 Å². The number of allylic oxidation sites excluding steroid dienone is 2. The summed E-state index contributed by atoms with van der Waals surface area (Å²) in [6.07, 6.45) is 5.78. The van der Waals surface area contributed by atoms with E-state index in [2.05, 4.69) is 24.3 Å². The third-order valence-corrected chi connectivity index (χ3v) is 3.06. The lowest BCUT2D eigenvalue weighted by Crippen LogP contribution is -1.81. The van der Waals surface area contributed by atoms with Gasteiger partial charge in [0.1, 0.15) is 11.2 Å². The number of hydrogen-bond acceptors (Lipinski definition) is 2. The van der Waals surface area contributed by atoms with E-state index in [0.717, 1.165) is 33.9 Å². The summed E-state index contributed by atoms with van der Waals surface area (Å²) in [5.41, 5.74) is 3.03. The minimum Gasteiger partial charge on any atom is -0.456 e. The van der Waals surface area contributed by atoms with Crippen LogP contribution in [0.2, 0.25) is 0 Å². The molecule has 0 atom stereocenters. The summed E-state index contributed by atoms with van der Waals surface area (Å²) in [7, 11) is 0. The van der Waals surface area contributed by atoms with Gasteiger partial charge in [-0.1, -0.05) is 42.5 Å². The van der Waals surface area contributed by atoms with Gasteiger partial charge in [0.15, 0.2) is 0 Å². The number of rotatable bonds is 3. The molecule has 1 heterocycles. The lowest BCUT2D eigenvalue weighted by atomic mass is 10.1. The van der Waals surface area contributed by atoms with Crippen molar-refractivity contribution in [1.29, 1.82) is 5.41 Å². The molecule has 0 aliphatic carbocycles. The number of furan rings is 1. The molecule has 0 aliphatic heterocycles. The Hall–Kier alpha value is -2.35. The van der Waals surface area contributed by atoms with Gasteiger partial charge in [0.2, 0.25) is 0 Å². The fourth-order valence-corrected chi connectivity index (χ4v) is 2.23. The van der Waals surface area contributed by atoms with E-state index in [1.54, 1.807) is 6.08 Å². The topological polar surface area (TPSA) is 37.0 Å². The van der Waals surface area contributed by atoms with Crippen molar-refractivity contribution >= 4 is 28.2 Å². The summed E-state index contributed by atoms with van der Waals surface area (Å²) in [5, 5.41) is 9.30. The zero-order chi connectivity index (χ0) is 12.4. The number of benzene rings is 2. The minimum absolute atomic E-state index is 0.784. The van der Waals surface area contributed by atoms with Gasteiger partial charge in [0.25, 0.3) is 0 Å². The Morgan fingerprint density at radius 3 is 2.72 bits per heavy atom. The van der Waals surface area contributed by atoms with Crippen LogP contribution in [0.3, 0.4) is 0 Å². The highest BCUT2D eigenvalue weighted by molar-refractivity contribution is 6.05. The van der Waals surface area contributed by atoms with Crippen LogP contribution in [-0.2, 0) is 6.42 Å². The monoisotopic (exact) mass is 235 g/mol. The second-order valence-electron chi connectivity index (χ2n) is 4.19.